The van der Waals surface area contributed by atoms with Gasteiger partial charge >= 0.3 is 0 Å². The van der Waals surface area contributed by atoms with Crippen molar-refractivity contribution in [1.29, 1.82) is 0 Å². The van der Waals surface area contributed by atoms with Gasteiger partial charge in [-0.1, -0.05) is 0 Å². The van der Waals surface area contributed by atoms with Gasteiger partial charge in [-0.15, -0.1) is 0 Å². The van der Waals surface area contributed by atoms with Gasteiger partial charge in [-0.3, -0.25) is 4.79 Å². The lowest BCUT2D eigenvalue weighted by molar-refractivity contribution is 0.00707. The maximum Gasteiger partial charge on any atom is 0.270 e. The van der Waals surface area contributed by atoms with E-state index in [0.29, 0.717) is 30.3 Å². The van der Waals surface area contributed by atoms with E-state index in [9.17, 15) is 4.79 Å². The topological polar surface area (TPSA) is 63.8 Å². The number of aromatic amines is 1. The van der Waals surface area contributed by atoms with Crippen molar-refractivity contribution in [3.05, 3.63) is 23.9 Å². The smallest absolute Gasteiger partial charge is 0.270 e. The number of carbonyl (C=O) groups excluding carboxylic acids is 1. The number of carbonyl (C=O) groups is 1. The molecule has 1 amide bonds. The molecule has 0 unspecified atom stereocenters. The molecule has 3 rings (SSSR count). The van der Waals surface area contributed by atoms with Crippen LogP contribution in [0.15, 0.2) is 18.2 Å². The minimum absolute atomic E-state index is 0.00313. The Morgan fingerprint density at radius 2 is 2.12 bits per heavy atom. The van der Waals surface area contributed by atoms with Crippen molar-refractivity contribution in [2.75, 3.05) is 33.9 Å². The van der Waals surface area contributed by atoms with Crippen LogP contribution in [0.3, 0.4) is 0 Å². The number of benzene rings is 1. The average Bonchev–Trinajstić information content (AvgIpc) is 3.04. The number of piperidine rings is 1. The molecule has 1 atom stereocenters. The molecule has 0 aliphatic carbocycles. The highest BCUT2D eigenvalue weighted by Crippen LogP contribution is 2.31. The number of hydrogen-bond acceptors (Lipinski definition) is 4. The lowest BCUT2D eigenvalue weighted by Gasteiger charge is -2.32. The van der Waals surface area contributed by atoms with Crippen molar-refractivity contribution in [2.45, 2.75) is 25.9 Å². The fourth-order valence-electron chi connectivity index (χ4n) is 3.24. The lowest BCUT2D eigenvalue weighted by Crippen LogP contribution is -2.43. The number of ether oxygens (including phenoxy) is 3. The number of aromatic nitrogens is 1. The fourth-order valence-corrected chi connectivity index (χ4v) is 3.24. The summed E-state index contributed by atoms with van der Waals surface area (Å²) in [6.45, 7) is 4.06. The molecule has 1 aliphatic heterocycles. The van der Waals surface area contributed by atoms with E-state index < -0.39 is 0 Å². The highest BCUT2D eigenvalue weighted by atomic mass is 16.5. The van der Waals surface area contributed by atoms with Crippen LogP contribution in [-0.2, 0) is 4.74 Å². The fraction of sp³-hybridized carbons (Fsp3) is 0.500. The molecule has 24 heavy (non-hydrogen) atoms. The quantitative estimate of drug-likeness (QED) is 0.914. The highest BCUT2D eigenvalue weighted by Gasteiger charge is 2.26. The Hall–Kier alpha value is -2.21. The van der Waals surface area contributed by atoms with E-state index in [1.807, 2.05) is 24.0 Å². The SMILES string of the molecule is CCO[C@H]1CCCN(C(=O)c2cc3cc(OC)cc(OC)c3[nH]2)C1. The van der Waals surface area contributed by atoms with Gasteiger partial charge < -0.3 is 24.1 Å². The summed E-state index contributed by atoms with van der Waals surface area (Å²) in [6, 6.07) is 5.55. The zero-order valence-electron chi connectivity index (χ0n) is 14.4. The Kier molecular flexibility index (Phi) is 4.94. The van der Waals surface area contributed by atoms with E-state index >= 15 is 0 Å². The van der Waals surface area contributed by atoms with Crippen molar-refractivity contribution in [3.8, 4) is 11.5 Å². The molecule has 0 spiro atoms. The maximum absolute atomic E-state index is 12.8. The molecule has 2 heterocycles. The van der Waals surface area contributed by atoms with Crippen LogP contribution in [0.1, 0.15) is 30.3 Å². The van der Waals surface area contributed by atoms with E-state index in [2.05, 4.69) is 4.98 Å². The molecule has 1 saturated heterocycles. The number of amides is 1. The molecule has 1 aromatic heterocycles. The number of likely N-dealkylation sites (tertiary alicyclic amines) is 1. The van der Waals surface area contributed by atoms with Crippen molar-refractivity contribution in [2.24, 2.45) is 0 Å². The van der Waals surface area contributed by atoms with Crippen molar-refractivity contribution >= 4 is 16.8 Å². The molecule has 0 saturated carbocycles. The molecule has 130 valence electrons. The van der Waals surface area contributed by atoms with Gasteiger partial charge in [-0.25, -0.2) is 0 Å². The molecular weight excluding hydrogens is 308 g/mol. The summed E-state index contributed by atoms with van der Waals surface area (Å²) >= 11 is 0. The summed E-state index contributed by atoms with van der Waals surface area (Å²) in [7, 11) is 3.22. The van der Waals surface area contributed by atoms with Gasteiger partial charge in [0.25, 0.3) is 5.91 Å². The molecule has 1 aromatic carbocycles. The Bertz CT molecular complexity index is 723. The third kappa shape index (κ3) is 3.19. The number of methoxy groups -OCH3 is 2. The van der Waals surface area contributed by atoms with Gasteiger partial charge in [-0.05, 0) is 31.9 Å². The Morgan fingerprint density at radius 3 is 2.83 bits per heavy atom. The maximum atomic E-state index is 12.8. The second-order valence-electron chi connectivity index (χ2n) is 5.95. The van der Waals surface area contributed by atoms with Crippen molar-refractivity contribution in [3.63, 3.8) is 0 Å². The van der Waals surface area contributed by atoms with E-state index in [-0.39, 0.29) is 12.0 Å². The van der Waals surface area contributed by atoms with Crippen LogP contribution in [0, 0.1) is 0 Å². The van der Waals surface area contributed by atoms with Crippen LogP contribution in [-0.4, -0.2) is 55.8 Å². The number of nitrogens with one attached hydrogen (secondary N) is 1. The predicted molar refractivity (Wildman–Crippen MR) is 92.0 cm³/mol. The molecule has 1 N–H and O–H groups in total. The van der Waals surface area contributed by atoms with Crippen molar-refractivity contribution < 1.29 is 19.0 Å². The van der Waals surface area contributed by atoms with Gasteiger partial charge in [0.1, 0.15) is 17.2 Å². The summed E-state index contributed by atoms with van der Waals surface area (Å²) in [4.78, 5) is 17.9. The van der Waals surface area contributed by atoms with Gasteiger partial charge in [-0.2, -0.15) is 0 Å². The number of hydrogen-bond donors (Lipinski definition) is 1. The lowest BCUT2D eigenvalue weighted by atomic mass is 10.1. The third-order valence-corrected chi connectivity index (χ3v) is 4.42. The third-order valence-electron chi connectivity index (χ3n) is 4.42. The Morgan fingerprint density at radius 1 is 1.29 bits per heavy atom. The number of rotatable bonds is 5. The molecule has 2 aromatic rings. The molecular formula is C18H24N2O4. The van der Waals surface area contributed by atoms with Gasteiger partial charge in [0.05, 0.1) is 25.8 Å². The average molecular weight is 332 g/mol. The second kappa shape index (κ2) is 7.13. The van der Waals surface area contributed by atoms with Crippen LogP contribution < -0.4 is 9.47 Å². The van der Waals surface area contributed by atoms with E-state index in [4.69, 9.17) is 14.2 Å². The van der Waals surface area contributed by atoms with Crippen LogP contribution in [0.5, 0.6) is 11.5 Å². The first kappa shape index (κ1) is 16.6. The first-order valence-electron chi connectivity index (χ1n) is 8.31. The largest absolute Gasteiger partial charge is 0.497 e. The van der Waals surface area contributed by atoms with Crippen molar-refractivity contribution in [1.82, 2.24) is 9.88 Å². The number of nitrogens with zero attached hydrogens (tertiary/aromatic N) is 1. The Labute approximate surface area is 141 Å². The summed E-state index contributed by atoms with van der Waals surface area (Å²) in [6.07, 6.45) is 2.11. The van der Waals surface area contributed by atoms with Crippen LogP contribution in [0.25, 0.3) is 10.9 Å². The minimum Gasteiger partial charge on any atom is -0.497 e. The van der Waals surface area contributed by atoms with E-state index in [1.165, 1.54) is 0 Å². The zero-order chi connectivity index (χ0) is 17.1. The summed E-state index contributed by atoms with van der Waals surface area (Å²) < 4.78 is 16.4. The highest BCUT2D eigenvalue weighted by molar-refractivity contribution is 6.00. The first-order chi connectivity index (χ1) is 11.7. The zero-order valence-corrected chi connectivity index (χ0v) is 14.4. The standard InChI is InChI=1S/C18H24N2O4/c1-4-24-13-6-5-7-20(11-13)18(21)15-9-12-8-14(22-2)10-16(23-3)17(12)19-15/h8-10,13,19H,4-7,11H2,1-3H3/t13-/m0/s1. The Balaban J connectivity index is 1.87. The number of fused-ring (bicyclic) bond motifs is 1. The van der Waals surface area contributed by atoms with Crippen LogP contribution >= 0.6 is 0 Å². The number of H-pyrrole nitrogens is 1. The molecule has 0 bridgehead atoms. The minimum atomic E-state index is -0.00313. The summed E-state index contributed by atoms with van der Waals surface area (Å²) in [5, 5.41) is 0.896. The molecule has 1 aliphatic rings. The first-order valence-corrected chi connectivity index (χ1v) is 8.31. The summed E-state index contributed by atoms with van der Waals surface area (Å²) in [5.41, 5.74) is 1.37. The predicted octanol–water partition coefficient (Wildman–Crippen LogP) is 2.83. The molecule has 6 nitrogen and oxygen atoms in total. The van der Waals surface area contributed by atoms with Gasteiger partial charge in [0, 0.05) is 31.1 Å². The van der Waals surface area contributed by atoms with Crippen LogP contribution in [0.2, 0.25) is 0 Å². The molecule has 1 fully saturated rings. The van der Waals surface area contributed by atoms with E-state index in [0.717, 1.165) is 30.3 Å². The normalized spacial score (nSPS) is 18.0. The second-order valence-corrected chi connectivity index (χ2v) is 5.95. The van der Waals surface area contributed by atoms with Crippen LogP contribution in [0.4, 0.5) is 0 Å². The van der Waals surface area contributed by atoms with E-state index in [1.54, 1.807) is 20.3 Å². The van der Waals surface area contributed by atoms with Gasteiger partial charge in [0.2, 0.25) is 0 Å². The summed E-state index contributed by atoms with van der Waals surface area (Å²) in [5.74, 6) is 1.36. The van der Waals surface area contributed by atoms with Gasteiger partial charge in [0.15, 0.2) is 0 Å². The monoisotopic (exact) mass is 332 g/mol. The molecule has 6 heteroatoms. The molecule has 0 radical (unpaired) electrons.